The van der Waals surface area contributed by atoms with Crippen molar-refractivity contribution in [1.82, 2.24) is 0 Å². The van der Waals surface area contributed by atoms with Gasteiger partial charge in [0.1, 0.15) is 17.3 Å². The molecule has 4 aliphatic rings. The first-order valence-corrected chi connectivity index (χ1v) is 12.4. The molecule has 4 saturated carbocycles. The molecule has 0 radical (unpaired) electrons. The molecule has 0 saturated heterocycles. The van der Waals surface area contributed by atoms with Crippen molar-refractivity contribution in [3.8, 4) is 0 Å². The van der Waals surface area contributed by atoms with Crippen LogP contribution in [0.15, 0.2) is 0 Å². The summed E-state index contributed by atoms with van der Waals surface area (Å²) in [6, 6.07) is 0. The average Bonchev–Trinajstić information content (AvgIpc) is 3.07. The van der Waals surface area contributed by atoms with E-state index in [0.717, 1.165) is 25.7 Å². The Morgan fingerprint density at radius 2 is 1.84 bits per heavy atom. The van der Waals surface area contributed by atoms with E-state index in [-0.39, 0.29) is 52.7 Å². The summed E-state index contributed by atoms with van der Waals surface area (Å²) in [6.45, 7) is 8.73. The molecule has 0 aromatic carbocycles. The molecule has 0 aromatic heterocycles. The summed E-state index contributed by atoms with van der Waals surface area (Å²) < 4.78 is 5.09. The van der Waals surface area contributed by atoms with E-state index >= 15 is 0 Å². The number of hydrogen-bond donors (Lipinski definition) is 0. The van der Waals surface area contributed by atoms with Gasteiger partial charge in [-0.05, 0) is 67.6 Å². The third kappa shape index (κ3) is 3.51. The zero-order valence-corrected chi connectivity index (χ0v) is 19.6. The molecule has 0 N–H and O–H groups in total. The van der Waals surface area contributed by atoms with Crippen LogP contribution < -0.4 is 0 Å². The van der Waals surface area contributed by atoms with E-state index in [9.17, 15) is 19.2 Å². The van der Waals surface area contributed by atoms with E-state index in [1.807, 2.05) is 6.92 Å². The van der Waals surface area contributed by atoms with Crippen LogP contribution in [0.4, 0.5) is 0 Å². The Hall–Kier alpha value is -1.52. The van der Waals surface area contributed by atoms with Crippen LogP contribution in [0.5, 0.6) is 0 Å². The molecular weight excluding hydrogens is 392 g/mol. The van der Waals surface area contributed by atoms with E-state index < -0.39 is 5.41 Å². The third-order valence-corrected chi connectivity index (χ3v) is 10.0. The fourth-order valence-electron chi connectivity index (χ4n) is 8.17. The van der Waals surface area contributed by atoms with Gasteiger partial charge in [0.25, 0.3) is 0 Å². The minimum absolute atomic E-state index is 0.0422. The van der Waals surface area contributed by atoms with Crippen LogP contribution in [-0.4, -0.2) is 29.9 Å². The molecule has 0 bridgehead atoms. The van der Waals surface area contributed by atoms with Crippen LogP contribution in [0.2, 0.25) is 0 Å². The zero-order chi connectivity index (χ0) is 22.6. The van der Waals surface area contributed by atoms with Gasteiger partial charge >= 0.3 is 5.97 Å². The Bertz CT molecular complexity index is 787. The Kier molecular flexibility index (Phi) is 5.93. The van der Waals surface area contributed by atoms with Crippen molar-refractivity contribution in [2.24, 2.45) is 46.3 Å². The molecular formula is C26H38O5. The molecule has 0 aliphatic heterocycles. The highest BCUT2D eigenvalue weighted by atomic mass is 16.5. The van der Waals surface area contributed by atoms with Gasteiger partial charge in [-0.1, -0.05) is 20.8 Å². The third-order valence-electron chi connectivity index (χ3n) is 10.0. The number of carbonyl (C=O) groups is 4. The number of rotatable bonds is 5. The Morgan fingerprint density at radius 3 is 2.55 bits per heavy atom. The van der Waals surface area contributed by atoms with Gasteiger partial charge in [0.15, 0.2) is 0 Å². The van der Waals surface area contributed by atoms with Gasteiger partial charge in [-0.25, -0.2) is 0 Å². The van der Waals surface area contributed by atoms with Gasteiger partial charge < -0.3 is 4.74 Å². The molecule has 31 heavy (non-hydrogen) atoms. The predicted octanol–water partition coefficient (Wildman–Crippen LogP) is 4.55. The summed E-state index contributed by atoms with van der Waals surface area (Å²) in [4.78, 5) is 51.1. The lowest BCUT2D eigenvalue weighted by molar-refractivity contribution is -0.166. The smallest absolute Gasteiger partial charge is 0.305 e. The SMILES string of the molecule is CCOC(=O)CC[C@H](C)[C@H]1CC[C@H]2[C@@H]3C(=O)C[C@@H]4CC(=O)CC[C@]4(C)[C@H]3CC(=O)[C@]12C. The molecule has 4 aliphatic carbocycles. The van der Waals surface area contributed by atoms with Gasteiger partial charge in [-0.3, -0.25) is 19.2 Å². The fraction of sp³-hybridized carbons (Fsp3) is 0.846. The molecule has 0 unspecified atom stereocenters. The largest absolute Gasteiger partial charge is 0.466 e. The van der Waals surface area contributed by atoms with Crippen molar-refractivity contribution in [3.63, 3.8) is 0 Å². The second kappa shape index (κ2) is 8.12. The highest BCUT2D eigenvalue weighted by molar-refractivity contribution is 5.93. The molecule has 0 aromatic rings. The van der Waals surface area contributed by atoms with E-state index in [0.29, 0.717) is 50.3 Å². The van der Waals surface area contributed by atoms with Crippen LogP contribution in [0.1, 0.15) is 85.5 Å². The second-order valence-electron chi connectivity index (χ2n) is 11.3. The van der Waals surface area contributed by atoms with Gasteiger partial charge in [0.05, 0.1) is 6.61 Å². The van der Waals surface area contributed by atoms with Crippen LogP contribution in [0.3, 0.4) is 0 Å². The van der Waals surface area contributed by atoms with Gasteiger partial charge in [0, 0.05) is 43.4 Å². The molecule has 4 fully saturated rings. The number of fused-ring (bicyclic) bond motifs is 5. The van der Waals surface area contributed by atoms with Crippen LogP contribution >= 0.6 is 0 Å². The summed E-state index contributed by atoms with van der Waals surface area (Å²) in [6.07, 6.45) is 5.89. The maximum Gasteiger partial charge on any atom is 0.305 e. The molecule has 8 atom stereocenters. The standard InChI is InChI=1S/C26H38O5/c1-5-31-23(30)9-6-15(2)18-7-8-19-24-20(14-22(29)26(18,19)4)25(3)11-10-17(27)12-16(25)13-21(24)28/h15-16,18-20,24H,5-14H2,1-4H3/t15-,16-,18+,19-,20-,24-,25-,26+/m0/s1. The van der Waals surface area contributed by atoms with Crippen molar-refractivity contribution < 1.29 is 23.9 Å². The maximum atomic E-state index is 13.7. The fourth-order valence-corrected chi connectivity index (χ4v) is 8.17. The number of Topliss-reactive ketones (excluding diaryl/α,β-unsaturated/α-hetero) is 3. The van der Waals surface area contributed by atoms with E-state index in [4.69, 9.17) is 4.74 Å². The molecule has 5 nitrogen and oxygen atoms in total. The van der Waals surface area contributed by atoms with Crippen molar-refractivity contribution >= 4 is 23.3 Å². The predicted molar refractivity (Wildman–Crippen MR) is 116 cm³/mol. The topological polar surface area (TPSA) is 77.5 Å². The highest BCUT2D eigenvalue weighted by Crippen LogP contribution is 2.66. The molecule has 0 spiro atoms. The van der Waals surface area contributed by atoms with Crippen LogP contribution in [-0.2, 0) is 23.9 Å². The Labute approximate surface area is 186 Å². The number of ketones is 3. The van der Waals surface area contributed by atoms with Gasteiger partial charge in [-0.2, -0.15) is 0 Å². The first kappa shape index (κ1) is 22.7. The number of esters is 1. The average molecular weight is 431 g/mol. The normalized spacial score (nSPS) is 43.1. The summed E-state index contributed by atoms with van der Waals surface area (Å²) >= 11 is 0. The minimum atomic E-state index is -0.474. The number of hydrogen-bond acceptors (Lipinski definition) is 5. The van der Waals surface area contributed by atoms with E-state index in [1.165, 1.54) is 0 Å². The van der Waals surface area contributed by atoms with Gasteiger partial charge in [-0.15, -0.1) is 0 Å². The van der Waals surface area contributed by atoms with Crippen LogP contribution in [0, 0.1) is 46.3 Å². The van der Waals surface area contributed by atoms with Crippen LogP contribution in [0.25, 0.3) is 0 Å². The van der Waals surface area contributed by atoms with E-state index in [2.05, 4.69) is 20.8 Å². The molecule has 5 heteroatoms. The summed E-state index contributed by atoms with van der Waals surface area (Å²) in [5.41, 5.74) is -0.546. The zero-order valence-electron chi connectivity index (χ0n) is 19.6. The minimum Gasteiger partial charge on any atom is -0.466 e. The van der Waals surface area contributed by atoms with Gasteiger partial charge in [0.2, 0.25) is 0 Å². The summed E-state index contributed by atoms with van der Waals surface area (Å²) in [5, 5.41) is 0. The molecule has 0 heterocycles. The number of carbonyl (C=O) groups excluding carboxylic acids is 4. The Balaban J connectivity index is 1.57. The Morgan fingerprint density at radius 1 is 1.10 bits per heavy atom. The maximum absolute atomic E-state index is 13.7. The first-order chi connectivity index (χ1) is 14.6. The highest BCUT2D eigenvalue weighted by Gasteiger charge is 2.66. The quantitative estimate of drug-likeness (QED) is 0.598. The lowest BCUT2D eigenvalue weighted by atomic mass is 9.44. The monoisotopic (exact) mass is 430 g/mol. The summed E-state index contributed by atoms with van der Waals surface area (Å²) in [7, 11) is 0. The molecule has 0 amide bonds. The number of ether oxygens (including phenoxy) is 1. The molecule has 4 rings (SSSR count). The van der Waals surface area contributed by atoms with Crippen molar-refractivity contribution in [2.45, 2.75) is 85.5 Å². The lowest BCUT2D eigenvalue weighted by Gasteiger charge is -2.58. The first-order valence-electron chi connectivity index (χ1n) is 12.4. The van der Waals surface area contributed by atoms with Crippen molar-refractivity contribution in [3.05, 3.63) is 0 Å². The molecule has 172 valence electrons. The lowest BCUT2D eigenvalue weighted by Crippen LogP contribution is -2.60. The second-order valence-corrected chi connectivity index (χ2v) is 11.3. The van der Waals surface area contributed by atoms with Crippen molar-refractivity contribution in [1.29, 1.82) is 0 Å². The van der Waals surface area contributed by atoms with E-state index in [1.54, 1.807) is 0 Å². The van der Waals surface area contributed by atoms with Crippen molar-refractivity contribution in [2.75, 3.05) is 6.61 Å². The summed E-state index contributed by atoms with van der Waals surface area (Å²) in [5.74, 6) is 1.44.